The average molecular weight is 515 g/mol. The summed E-state index contributed by atoms with van der Waals surface area (Å²) in [6.07, 6.45) is 1.78. The van der Waals surface area contributed by atoms with Crippen molar-refractivity contribution in [3.8, 4) is 0 Å². The van der Waals surface area contributed by atoms with E-state index in [0.717, 1.165) is 16.8 Å². The maximum atomic E-state index is 12.7. The second-order valence-electron chi connectivity index (χ2n) is 10.5. The van der Waals surface area contributed by atoms with Crippen LogP contribution in [0.4, 0.5) is 15.3 Å². The molecule has 0 saturated carbocycles. The zero-order valence-electron chi connectivity index (χ0n) is 21.6. The fourth-order valence-corrected chi connectivity index (χ4v) is 4.03. The monoisotopic (exact) mass is 514 g/mol. The van der Waals surface area contributed by atoms with Crippen LogP contribution >= 0.6 is 11.3 Å². The van der Waals surface area contributed by atoms with E-state index in [0.29, 0.717) is 36.8 Å². The highest BCUT2D eigenvalue weighted by molar-refractivity contribution is 7.12. The van der Waals surface area contributed by atoms with Crippen molar-refractivity contribution in [2.45, 2.75) is 65.7 Å². The van der Waals surface area contributed by atoms with Crippen molar-refractivity contribution < 1.29 is 23.9 Å². The Morgan fingerprint density at radius 3 is 2.28 bits per heavy atom. The van der Waals surface area contributed by atoms with Crippen LogP contribution in [-0.2, 0) is 16.0 Å². The molecule has 194 valence electrons. The maximum absolute atomic E-state index is 12.7. The molecule has 36 heavy (non-hydrogen) atoms. The van der Waals surface area contributed by atoms with Gasteiger partial charge in [-0.1, -0.05) is 18.2 Å². The topological polar surface area (TPSA) is 110 Å². The molecule has 1 aromatic carbocycles. The van der Waals surface area contributed by atoms with Crippen LogP contribution in [-0.4, -0.2) is 52.3 Å². The minimum Gasteiger partial charge on any atom is -0.444 e. The molecule has 0 aliphatic carbocycles. The number of nitrogens with one attached hydrogen (secondary N) is 2. The van der Waals surface area contributed by atoms with Gasteiger partial charge >= 0.3 is 12.2 Å². The van der Waals surface area contributed by atoms with Crippen LogP contribution in [0.2, 0.25) is 0 Å². The Bertz CT molecular complexity index is 1130. The van der Waals surface area contributed by atoms with Gasteiger partial charge in [0.05, 0.1) is 5.69 Å². The van der Waals surface area contributed by atoms with Crippen molar-refractivity contribution >= 4 is 40.7 Å². The Labute approximate surface area is 215 Å². The Balaban J connectivity index is 1.52. The van der Waals surface area contributed by atoms with Gasteiger partial charge in [-0.25, -0.2) is 14.6 Å². The van der Waals surface area contributed by atoms with Crippen molar-refractivity contribution in [3.05, 3.63) is 52.0 Å². The molecule has 10 heteroatoms. The first-order valence-electron chi connectivity index (χ1n) is 11.8. The van der Waals surface area contributed by atoms with E-state index in [2.05, 4.69) is 15.6 Å². The first-order valence-corrected chi connectivity index (χ1v) is 12.7. The first-order chi connectivity index (χ1) is 16.8. The van der Waals surface area contributed by atoms with E-state index in [-0.39, 0.29) is 12.0 Å². The van der Waals surface area contributed by atoms with Crippen LogP contribution in [0.1, 0.15) is 69.0 Å². The highest BCUT2D eigenvalue weighted by Gasteiger charge is 2.25. The molecule has 9 nitrogen and oxygen atoms in total. The standard InChI is InChI=1S/C26H34N4O5S/c1-25(2,3)34-23(32)27-15-17-7-9-19(10-8-17)28-21(31)22-29-20(16-36-22)18-11-13-30(14-12-18)24(33)35-26(4,5)6/h7-11,16H,12-15H2,1-6H3,(H,27,32)(H,28,31). The molecule has 0 bridgehead atoms. The number of aromatic nitrogens is 1. The number of rotatable bonds is 5. The smallest absolute Gasteiger partial charge is 0.410 e. The predicted octanol–water partition coefficient (Wildman–Crippen LogP) is 5.44. The molecule has 0 atom stereocenters. The van der Waals surface area contributed by atoms with Crippen molar-refractivity contribution in [2.75, 3.05) is 18.4 Å². The third kappa shape index (κ3) is 8.37. The largest absolute Gasteiger partial charge is 0.444 e. The predicted molar refractivity (Wildman–Crippen MR) is 140 cm³/mol. The summed E-state index contributed by atoms with van der Waals surface area (Å²) in [5.74, 6) is -0.294. The number of benzene rings is 1. The van der Waals surface area contributed by atoms with Gasteiger partial charge in [-0.05, 0) is 71.2 Å². The third-order valence-electron chi connectivity index (χ3n) is 4.94. The number of hydrogen-bond acceptors (Lipinski definition) is 7. The lowest BCUT2D eigenvalue weighted by molar-refractivity contribution is 0.0270. The summed E-state index contributed by atoms with van der Waals surface area (Å²) in [6, 6.07) is 7.19. The Hall–Kier alpha value is -3.40. The molecular weight excluding hydrogens is 480 g/mol. The highest BCUT2D eigenvalue weighted by atomic mass is 32.1. The number of carbonyl (C=O) groups is 3. The fraction of sp³-hybridized carbons (Fsp3) is 0.462. The zero-order chi connectivity index (χ0) is 26.5. The fourth-order valence-electron chi connectivity index (χ4n) is 3.30. The molecule has 2 N–H and O–H groups in total. The molecule has 1 aromatic heterocycles. The van der Waals surface area contributed by atoms with Crippen LogP contribution in [0.15, 0.2) is 35.7 Å². The highest BCUT2D eigenvalue weighted by Crippen LogP contribution is 2.25. The van der Waals surface area contributed by atoms with E-state index in [1.54, 1.807) is 17.0 Å². The third-order valence-corrected chi connectivity index (χ3v) is 5.78. The molecule has 2 aromatic rings. The van der Waals surface area contributed by atoms with Crippen LogP contribution in [0.25, 0.3) is 5.57 Å². The normalized spacial score (nSPS) is 14.1. The SMILES string of the molecule is CC(C)(C)OC(=O)NCc1ccc(NC(=O)c2nc(C3=CCN(C(=O)OC(C)(C)C)CC3)cs2)cc1. The van der Waals surface area contributed by atoms with Gasteiger partial charge in [-0.2, -0.15) is 0 Å². The molecule has 0 unspecified atom stereocenters. The summed E-state index contributed by atoms with van der Waals surface area (Å²) in [5, 5.41) is 7.77. The molecule has 2 heterocycles. The quantitative estimate of drug-likeness (QED) is 0.549. The van der Waals surface area contributed by atoms with Crippen molar-refractivity contribution in [1.29, 1.82) is 0 Å². The lowest BCUT2D eigenvalue weighted by Gasteiger charge is -2.29. The molecule has 1 aliphatic rings. The summed E-state index contributed by atoms with van der Waals surface area (Å²) in [6.45, 7) is 12.3. The van der Waals surface area contributed by atoms with Crippen molar-refractivity contribution in [2.24, 2.45) is 0 Å². The van der Waals surface area contributed by atoms with E-state index in [1.165, 1.54) is 11.3 Å². The van der Waals surface area contributed by atoms with Gasteiger partial charge in [0.15, 0.2) is 5.01 Å². The number of carbonyl (C=O) groups excluding carboxylic acids is 3. The minimum absolute atomic E-state index is 0.294. The van der Waals surface area contributed by atoms with Gasteiger partial charge < -0.3 is 25.0 Å². The number of hydrogen-bond donors (Lipinski definition) is 2. The molecule has 1 aliphatic heterocycles. The molecule has 0 radical (unpaired) electrons. The van der Waals surface area contributed by atoms with Crippen molar-refractivity contribution in [1.82, 2.24) is 15.2 Å². The second kappa shape index (κ2) is 11.1. The Kier molecular flexibility index (Phi) is 8.39. The van der Waals surface area contributed by atoms with Gasteiger partial charge in [0.1, 0.15) is 11.2 Å². The molecule has 3 rings (SSSR count). The number of nitrogens with zero attached hydrogens (tertiary/aromatic N) is 2. The van der Waals surface area contributed by atoms with Gasteiger partial charge in [0.2, 0.25) is 0 Å². The van der Waals surface area contributed by atoms with E-state index < -0.39 is 17.3 Å². The molecule has 3 amide bonds. The van der Waals surface area contributed by atoms with Crippen LogP contribution in [0.5, 0.6) is 0 Å². The summed E-state index contributed by atoms with van der Waals surface area (Å²) in [4.78, 5) is 42.9. The van der Waals surface area contributed by atoms with E-state index >= 15 is 0 Å². The van der Waals surface area contributed by atoms with Gasteiger partial charge in [0.25, 0.3) is 5.91 Å². The van der Waals surface area contributed by atoms with Crippen LogP contribution < -0.4 is 10.6 Å². The average Bonchev–Trinajstić information content (AvgIpc) is 3.27. The lowest BCUT2D eigenvalue weighted by Crippen LogP contribution is -2.39. The number of alkyl carbamates (subject to hydrolysis) is 1. The van der Waals surface area contributed by atoms with Crippen molar-refractivity contribution in [3.63, 3.8) is 0 Å². The number of anilines is 1. The van der Waals surface area contributed by atoms with Gasteiger partial charge in [0, 0.05) is 30.7 Å². The number of ether oxygens (including phenoxy) is 2. The van der Waals surface area contributed by atoms with E-state index in [1.807, 2.05) is 65.1 Å². The summed E-state index contributed by atoms with van der Waals surface area (Å²) >= 11 is 1.27. The summed E-state index contributed by atoms with van der Waals surface area (Å²) in [7, 11) is 0. The minimum atomic E-state index is -0.554. The summed E-state index contributed by atoms with van der Waals surface area (Å²) in [5.41, 5.74) is 2.17. The molecule has 0 spiro atoms. The zero-order valence-corrected chi connectivity index (χ0v) is 22.5. The van der Waals surface area contributed by atoms with Gasteiger partial charge in [-0.3, -0.25) is 4.79 Å². The second-order valence-corrected chi connectivity index (χ2v) is 11.3. The first kappa shape index (κ1) is 27.2. The molecule has 0 saturated heterocycles. The number of thiazole rings is 1. The van der Waals surface area contributed by atoms with Gasteiger partial charge in [-0.15, -0.1) is 11.3 Å². The Morgan fingerprint density at radius 1 is 1.03 bits per heavy atom. The molecular formula is C26H34N4O5S. The van der Waals surface area contributed by atoms with E-state index in [9.17, 15) is 14.4 Å². The maximum Gasteiger partial charge on any atom is 0.410 e. The van der Waals surface area contributed by atoms with Crippen LogP contribution in [0.3, 0.4) is 0 Å². The number of amides is 3. The van der Waals surface area contributed by atoms with E-state index in [4.69, 9.17) is 9.47 Å². The van der Waals surface area contributed by atoms with Crippen LogP contribution in [0, 0.1) is 0 Å². The lowest BCUT2D eigenvalue weighted by atomic mass is 10.1. The Morgan fingerprint density at radius 2 is 1.69 bits per heavy atom. The molecule has 0 fully saturated rings. The summed E-state index contributed by atoms with van der Waals surface area (Å²) < 4.78 is 10.6.